The van der Waals surface area contributed by atoms with Crippen molar-refractivity contribution in [2.24, 2.45) is 7.05 Å². The number of amides is 1. The maximum absolute atomic E-state index is 12.4. The summed E-state index contributed by atoms with van der Waals surface area (Å²) in [7, 11) is 1.92. The van der Waals surface area contributed by atoms with Crippen molar-refractivity contribution < 1.29 is 14.3 Å². The highest BCUT2D eigenvalue weighted by molar-refractivity contribution is 5.94. The van der Waals surface area contributed by atoms with Crippen molar-refractivity contribution in [3.63, 3.8) is 0 Å². The van der Waals surface area contributed by atoms with Gasteiger partial charge in [0, 0.05) is 19.2 Å². The Labute approximate surface area is 110 Å². The lowest BCUT2D eigenvalue weighted by Crippen LogP contribution is -2.46. The number of nitrogens with zero attached hydrogens (tertiary/aromatic N) is 3. The Morgan fingerprint density at radius 3 is 3.16 bits per heavy atom. The van der Waals surface area contributed by atoms with Crippen LogP contribution in [0.2, 0.25) is 0 Å². The van der Waals surface area contributed by atoms with Gasteiger partial charge in [-0.15, -0.1) is 0 Å². The van der Waals surface area contributed by atoms with Gasteiger partial charge in [0.2, 0.25) is 0 Å². The van der Waals surface area contributed by atoms with Crippen molar-refractivity contribution >= 4 is 5.91 Å². The third-order valence-corrected chi connectivity index (χ3v) is 3.58. The first-order chi connectivity index (χ1) is 9.20. The number of hydrogen-bond donors (Lipinski definition) is 1. The van der Waals surface area contributed by atoms with E-state index in [9.17, 15) is 9.90 Å². The Morgan fingerprint density at radius 1 is 1.63 bits per heavy atom. The van der Waals surface area contributed by atoms with E-state index in [1.165, 1.54) is 12.5 Å². The molecule has 3 heterocycles. The summed E-state index contributed by atoms with van der Waals surface area (Å²) in [5, 5.41) is 9.51. The van der Waals surface area contributed by atoms with Gasteiger partial charge in [-0.3, -0.25) is 4.79 Å². The topological polar surface area (TPSA) is 71.5 Å². The molecule has 2 aromatic heterocycles. The third-order valence-electron chi connectivity index (χ3n) is 3.58. The van der Waals surface area contributed by atoms with Crippen LogP contribution in [0.4, 0.5) is 0 Å². The molecule has 6 heteroatoms. The van der Waals surface area contributed by atoms with Crippen molar-refractivity contribution in [3.05, 3.63) is 41.9 Å². The van der Waals surface area contributed by atoms with Gasteiger partial charge in [-0.2, -0.15) is 0 Å². The van der Waals surface area contributed by atoms with E-state index >= 15 is 0 Å². The van der Waals surface area contributed by atoms with Crippen molar-refractivity contribution in [2.75, 3.05) is 6.61 Å². The highest BCUT2D eigenvalue weighted by Crippen LogP contribution is 2.23. The molecule has 1 unspecified atom stereocenters. The molecule has 6 nitrogen and oxygen atoms in total. The number of furan rings is 1. The summed E-state index contributed by atoms with van der Waals surface area (Å²) >= 11 is 0. The Morgan fingerprint density at radius 2 is 2.47 bits per heavy atom. The average molecular weight is 261 g/mol. The minimum absolute atomic E-state index is 0.0613. The number of fused-ring (bicyclic) bond motifs is 1. The average Bonchev–Trinajstić information content (AvgIpc) is 3.07. The quantitative estimate of drug-likeness (QED) is 0.858. The van der Waals surface area contributed by atoms with Crippen LogP contribution in [0, 0.1) is 0 Å². The van der Waals surface area contributed by atoms with E-state index in [4.69, 9.17) is 4.42 Å². The predicted molar refractivity (Wildman–Crippen MR) is 66.4 cm³/mol. The number of rotatable bonds is 2. The SMILES string of the molecule is Cn1cnc2c1CC(CO)N(C(=O)c1ccoc1)C2. The normalized spacial score (nSPS) is 18.4. The molecule has 1 amide bonds. The zero-order valence-electron chi connectivity index (χ0n) is 10.6. The van der Waals surface area contributed by atoms with E-state index < -0.39 is 0 Å². The van der Waals surface area contributed by atoms with E-state index in [2.05, 4.69) is 4.98 Å². The predicted octanol–water partition coefficient (Wildman–Crippen LogP) is 0.572. The van der Waals surface area contributed by atoms with Crippen LogP contribution in [0.25, 0.3) is 0 Å². The molecule has 0 saturated carbocycles. The summed E-state index contributed by atoms with van der Waals surface area (Å²) in [6, 6.07) is 1.41. The standard InChI is InChI=1S/C13H15N3O3/c1-15-8-14-11-5-16(10(6-17)4-12(11)15)13(18)9-2-3-19-7-9/h2-3,7-8,10,17H,4-6H2,1H3. The summed E-state index contributed by atoms with van der Waals surface area (Å²) in [6.45, 7) is 0.361. The maximum Gasteiger partial charge on any atom is 0.257 e. The fraction of sp³-hybridized carbons (Fsp3) is 0.385. The van der Waals surface area contributed by atoms with Crippen LogP contribution >= 0.6 is 0 Å². The smallest absolute Gasteiger partial charge is 0.257 e. The first kappa shape index (κ1) is 12.0. The van der Waals surface area contributed by atoms with E-state index in [0.717, 1.165) is 11.4 Å². The highest BCUT2D eigenvalue weighted by atomic mass is 16.3. The molecule has 0 aliphatic carbocycles. The van der Waals surface area contributed by atoms with Crippen LogP contribution in [-0.4, -0.2) is 38.1 Å². The van der Waals surface area contributed by atoms with Gasteiger partial charge < -0.3 is 19.0 Å². The van der Waals surface area contributed by atoms with Crippen LogP contribution < -0.4 is 0 Å². The number of carbonyl (C=O) groups is 1. The van der Waals surface area contributed by atoms with E-state index in [0.29, 0.717) is 18.5 Å². The minimum atomic E-state index is -0.217. The Balaban J connectivity index is 1.91. The molecular formula is C13H15N3O3. The van der Waals surface area contributed by atoms with Gasteiger partial charge in [0.05, 0.1) is 43.0 Å². The van der Waals surface area contributed by atoms with Gasteiger partial charge >= 0.3 is 0 Å². The van der Waals surface area contributed by atoms with Crippen molar-refractivity contribution in [2.45, 2.75) is 19.0 Å². The van der Waals surface area contributed by atoms with Crippen molar-refractivity contribution in [1.82, 2.24) is 14.5 Å². The van der Waals surface area contributed by atoms with Crippen LogP contribution in [0.1, 0.15) is 21.7 Å². The molecule has 1 aliphatic rings. The second-order valence-electron chi connectivity index (χ2n) is 4.73. The highest BCUT2D eigenvalue weighted by Gasteiger charge is 2.32. The van der Waals surface area contributed by atoms with E-state index in [1.54, 1.807) is 17.3 Å². The summed E-state index contributed by atoms with van der Waals surface area (Å²) < 4.78 is 6.88. The summed E-state index contributed by atoms with van der Waals surface area (Å²) in [5.41, 5.74) is 2.47. The maximum atomic E-state index is 12.4. The van der Waals surface area contributed by atoms with Gasteiger partial charge in [-0.25, -0.2) is 4.98 Å². The van der Waals surface area contributed by atoms with E-state index in [-0.39, 0.29) is 18.6 Å². The molecule has 1 N–H and O–H groups in total. The second-order valence-corrected chi connectivity index (χ2v) is 4.73. The third kappa shape index (κ3) is 1.94. The van der Waals surface area contributed by atoms with Crippen molar-refractivity contribution in [1.29, 1.82) is 0 Å². The molecule has 1 atom stereocenters. The molecule has 0 bridgehead atoms. The number of aromatic nitrogens is 2. The lowest BCUT2D eigenvalue weighted by Gasteiger charge is -2.34. The van der Waals surface area contributed by atoms with Crippen LogP contribution in [0.3, 0.4) is 0 Å². The zero-order chi connectivity index (χ0) is 13.4. The molecule has 100 valence electrons. The molecule has 19 heavy (non-hydrogen) atoms. The van der Waals surface area contributed by atoms with Gasteiger partial charge in [0.15, 0.2) is 0 Å². The molecule has 0 radical (unpaired) electrons. The zero-order valence-corrected chi connectivity index (χ0v) is 10.6. The second kappa shape index (κ2) is 4.55. The molecule has 0 aromatic carbocycles. The lowest BCUT2D eigenvalue weighted by molar-refractivity contribution is 0.0535. The Bertz CT molecular complexity index is 588. The molecule has 2 aromatic rings. The molecule has 0 spiro atoms. The fourth-order valence-electron chi connectivity index (χ4n) is 2.47. The van der Waals surface area contributed by atoms with Gasteiger partial charge in [0.1, 0.15) is 6.26 Å². The molecular weight excluding hydrogens is 246 g/mol. The number of aliphatic hydroxyl groups is 1. The van der Waals surface area contributed by atoms with Gasteiger partial charge in [-0.05, 0) is 6.07 Å². The minimum Gasteiger partial charge on any atom is -0.472 e. The summed E-state index contributed by atoms with van der Waals surface area (Å²) in [5.74, 6) is -0.135. The van der Waals surface area contributed by atoms with Gasteiger partial charge in [0.25, 0.3) is 5.91 Å². The fourth-order valence-corrected chi connectivity index (χ4v) is 2.47. The Kier molecular flexibility index (Phi) is 2.87. The molecule has 0 saturated heterocycles. The number of carbonyl (C=O) groups excluding carboxylic acids is 1. The monoisotopic (exact) mass is 261 g/mol. The molecule has 1 aliphatic heterocycles. The number of imidazole rings is 1. The van der Waals surface area contributed by atoms with Crippen LogP contribution in [0.5, 0.6) is 0 Å². The van der Waals surface area contributed by atoms with Crippen LogP contribution in [-0.2, 0) is 20.0 Å². The number of hydrogen-bond acceptors (Lipinski definition) is 4. The van der Waals surface area contributed by atoms with Crippen molar-refractivity contribution in [3.8, 4) is 0 Å². The molecule has 0 fully saturated rings. The number of aliphatic hydroxyl groups excluding tert-OH is 1. The van der Waals surface area contributed by atoms with Gasteiger partial charge in [-0.1, -0.05) is 0 Å². The number of aryl methyl sites for hydroxylation is 1. The Hall–Kier alpha value is -2.08. The van der Waals surface area contributed by atoms with Crippen LogP contribution in [0.15, 0.2) is 29.3 Å². The summed E-state index contributed by atoms with van der Waals surface area (Å²) in [4.78, 5) is 18.3. The molecule has 3 rings (SSSR count). The first-order valence-corrected chi connectivity index (χ1v) is 6.13. The largest absolute Gasteiger partial charge is 0.472 e. The first-order valence-electron chi connectivity index (χ1n) is 6.13. The summed E-state index contributed by atoms with van der Waals surface area (Å²) in [6.07, 6.45) is 5.25. The lowest BCUT2D eigenvalue weighted by atomic mass is 10.0. The van der Waals surface area contributed by atoms with E-state index in [1.807, 2.05) is 11.6 Å².